The van der Waals surface area contributed by atoms with Gasteiger partial charge in [0.25, 0.3) is 5.91 Å². The summed E-state index contributed by atoms with van der Waals surface area (Å²) < 4.78 is 29.1. The second kappa shape index (κ2) is 8.68. The van der Waals surface area contributed by atoms with E-state index in [0.717, 1.165) is 10.5 Å². The van der Waals surface area contributed by atoms with Crippen LogP contribution in [0, 0.1) is 0 Å². The molecule has 0 unspecified atom stereocenters. The third-order valence-corrected chi connectivity index (χ3v) is 4.41. The number of benzene rings is 2. The Labute approximate surface area is 165 Å². The summed E-state index contributed by atoms with van der Waals surface area (Å²) in [7, 11) is 1.48. The van der Waals surface area contributed by atoms with Crippen molar-refractivity contribution in [2.24, 2.45) is 0 Å². The van der Waals surface area contributed by atoms with Gasteiger partial charge in [0.05, 0.1) is 6.04 Å². The molecule has 29 heavy (non-hydrogen) atoms. The lowest BCUT2D eigenvalue weighted by Crippen LogP contribution is -2.42. The Hall–Kier alpha value is -3.49. The summed E-state index contributed by atoms with van der Waals surface area (Å²) in [5.41, 5.74) is 1.38. The van der Waals surface area contributed by atoms with Crippen LogP contribution in [0.4, 0.5) is 13.6 Å². The fourth-order valence-electron chi connectivity index (χ4n) is 3.02. The standard InChI is InChI=1S/C20H19F2N3O4/c1-24-12-17(27)25(20(24)28)11-16(26)23-18(13-5-3-2-4-6-13)14-7-9-15(10-8-14)29-19(21)22/h2-10,18-19H,11-12H2,1H3,(H,23,26)/t18-/m0/s1. The average molecular weight is 403 g/mol. The van der Waals surface area contributed by atoms with Crippen molar-refractivity contribution in [3.05, 3.63) is 65.7 Å². The summed E-state index contributed by atoms with van der Waals surface area (Å²) in [5, 5.41) is 2.80. The van der Waals surface area contributed by atoms with Gasteiger partial charge in [-0.3, -0.25) is 14.5 Å². The van der Waals surface area contributed by atoms with E-state index in [1.165, 1.54) is 24.1 Å². The largest absolute Gasteiger partial charge is 0.435 e. The van der Waals surface area contributed by atoms with Gasteiger partial charge in [-0.1, -0.05) is 42.5 Å². The quantitative estimate of drug-likeness (QED) is 0.720. The number of likely N-dealkylation sites (N-methyl/N-ethyl adjacent to an activating group) is 1. The number of urea groups is 1. The van der Waals surface area contributed by atoms with Crippen LogP contribution in [-0.2, 0) is 9.59 Å². The SMILES string of the molecule is CN1CC(=O)N(CC(=O)N[C@@H](c2ccccc2)c2ccc(OC(F)F)cc2)C1=O. The van der Waals surface area contributed by atoms with Gasteiger partial charge in [-0.15, -0.1) is 0 Å². The van der Waals surface area contributed by atoms with Crippen LogP contribution in [0.2, 0.25) is 0 Å². The molecule has 0 aromatic heterocycles. The van der Waals surface area contributed by atoms with Gasteiger partial charge in [0.2, 0.25) is 5.91 Å². The first-order valence-electron chi connectivity index (χ1n) is 8.79. The number of rotatable bonds is 7. The van der Waals surface area contributed by atoms with E-state index >= 15 is 0 Å². The van der Waals surface area contributed by atoms with E-state index < -0.39 is 37.0 Å². The highest BCUT2D eigenvalue weighted by molar-refractivity contribution is 6.04. The number of amides is 4. The van der Waals surface area contributed by atoms with Crippen molar-refractivity contribution in [1.82, 2.24) is 15.1 Å². The molecule has 3 rings (SSSR count). The number of imide groups is 1. The first-order chi connectivity index (χ1) is 13.8. The van der Waals surface area contributed by atoms with Crippen LogP contribution in [0.3, 0.4) is 0 Å². The lowest BCUT2D eigenvalue weighted by Gasteiger charge is -2.22. The number of carbonyl (C=O) groups excluding carboxylic acids is 3. The Balaban J connectivity index is 1.79. The number of hydrogen-bond acceptors (Lipinski definition) is 4. The molecule has 1 saturated heterocycles. The van der Waals surface area contributed by atoms with E-state index in [4.69, 9.17) is 0 Å². The predicted molar refractivity (Wildman–Crippen MR) is 99.2 cm³/mol. The molecule has 1 aliphatic heterocycles. The van der Waals surface area contributed by atoms with Crippen LogP contribution < -0.4 is 10.1 Å². The normalized spacial score (nSPS) is 15.0. The molecule has 152 valence electrons. The molecular formula is C20H19F2N3O4. The molecule has 0 saturated carbocycles. The van der Waals surface area contributed by atoms with Crippen LogP contribution in [0.15, 0.2) is 54.6 Å². The number of nitrogens with one attached hydrogen (secondary N) is 1. The first-order valence-corrected chi connectivity index (χ1v) is 8.79. The second-order valence-electron chi connectivity index (χ2n) is 6.48. The Morgan fingerprint density at radius 2 is 1.69 bits per heavy atom. The van der Waals surface area contributed by atoms with Crippen molar-refractivity contribution >= 4 is 17.8 Å². The average Bonchev–Trinajstić information content (AvgIpc) is 2.93. The molecule has 4 amide bonds. The van der Waals surface area contributed by atoms with Crippen molar-refractivity contribution in [3.63, 3.8) is 0 Å². The van der Waals surface area contributed by atoms with Crippen molar-refractivity contribution in [2.75, 3.05) is 20.1 Å². The molecule has 1 atom stereocenters. The summed E-state index contributed by atoms with van der Waals surface area (Å²) in [6.45, 7) is -3.41. The monoisotopic (exact) mass is 403 g/mol. The predicted octanol–water partition coefficient (Wildman–Crippen LogP) is 2.39. The number of carbonyl (C=O) groups is 3. The molecule has 0 spiro atoms. The van der Waals surface area contributed by atoms with Gasteiger partial charge in [0.15, 0.2) is 0 Å². The maximum absolute atomic E-state index is 12.6. The molecule has 1 N–H and O–H groups in total. The van der Waals surface area contributed by atoms with Gasteiger partial charge in [-0.2, -0.15) is 8.78 Å². The molecule has 1 fully saturated rings. The van der Waals surface area contributed by atoms with Gasteiger partial charge in [-0.25, -0.2) is 4.79 Å². The van der Waals surface area contributed by atoms with E-state index in [-0.39, 0.29) is 12.3 Å². The van der Waals surface area contributed by atoms with Gasteiger partial charge in [0.1, 0.15) is 18.8 Å². The highest BCUT2D eigenvalue weighted by Gasteiger charge is 2.35. The fourth-order valence-corrected chi connectivity index (χ4v) is 3.02. The van der Waals surface area contributed by atoms with Gasteiger partial charge in [-0.05, 0) is 23.3 Å². The smallest absolute Gasteiger partial charge is 0.387 e. The molecule has 0 aliphatic carbocycles. The van der Waals surface area contributed by atoms with Crippen molar-refractivity contribution in [2.45, 2.75) is 12.7 Å². The van der Waals surface area contributed by atoms with E-state index in [2.05, 4.69) is 10.1 Å². The maximum atomic E-state index is 12.6. The van der Waals surface area contributed by atoms with Crippen molar-refractivity contribution in [3.8, 4) is 5.75 Å². The minimum atomic E-state index is -2.93. The Kier molecular flexibility index (Phi) is 6.06. The zero-order valence-corrected chi connectivity index (χ0v) is 15.5. The van der Waals surface area contributed by atoms with Gasteiger partial charge < -0.3 is 15.0 Å². The van der Waals surface area contributed by atoms with E-state index in [0.29, 0.717) is 5.56 Å². The van der Waals surface area contributed by atoms with Crippen LogP contribution in [0.5, 0.6) is 5.75 Å². The number of alkyl halides is 2. The van der Waals surface area contributed by atoms with Crippen LogP contribution >= 0.6 is 0 Å². The van der Waals surface area contributed by atoms with Crippen LogP contribution in [0.25, 0.3) is 0 Å². The number of halogens is 2. The van der Waals surface area contributed by atoms with Crippen molar-refractivity contribution in [1.29, 1.82) is 0 Å². The highest BCUT2D eigenvalue weighted by Crippen LogP contribution is 2.25. The Bertz CT molecular complexity index is 890. The molecule has 0 bridgehead atoms. The lowest BCUT2D eigenvalue weighted by atomic mass is 9.98. The van der Waals surface area contributed by atoms with E-state index in [1.807, 2.05) is 6.07 Å². The van der Waals surface area contributed by atoms with Crippen molar-refractivity contribution < 1.29 is 27.9 Å². The minimum absolute atomic E-state index is 0.00168. The van der Waals surface area contributed by atoms with Gasteiger partial charge >= 0.3 is 12.6 Å². The van der Waals surface area contributed by atoms with E-state index in [9.17, 15) is 23.2 Å². The Morgan fingerprint density at radius 3 is 2.24 bits per heavy atom. The molecule has 0 radical (unpaired) electrons. The molecule has 1 aliphatic rings. The lowest BCUT2D eigenvalue weighted by molar-refractivity contribution is -0.130. The molecule has 9 heteroatoms. The number of nitrogens with zero attached hydrogens (tertiary/aromatic N) is 2. The first kappa shape index (κ1) is 20.2. The zero-order chi connectivity index (χ0) is 21.0. The van der Waals surface area contributed by atoms with Gasteiger partial charge in [0, 0.05) is 7.05 Å². The molecule has 7 nitrogen and oxygen atoms in total. The van der Waals surface area contributed by atoms with E-state index in [1.54, 1.807) is 36.4 Å². The molecular weight excluding hydrogens is 384 g/mol. The topological polar surface area (TPSA) is 79.0 Å². The van der Waals surface area contributed by atoms with Crippen LogP contribution in [0.1, 0.15) is 17.2 Å². The molecule has 2 aromatic rings. The third kappa shape index (κ3) is 4.87. The minimum Gasteiger partial charge on any atom is -0.435 e. The summed E-state index contributed by atoms with van der Waals surface area (Å²) in [6, 6.07) is 13.8. The number of ether oxygens (including phenoxy) is 1. The Morgan fingerprint density at radius 1 is 1.07 bits per heavy atom. The number of hydrogen-bond donors (Lipinski definition) is 1. The van der Waals surface area contributed by atoms with Crippen LogP contribution in [-0.4, -0.2) is 54.4 Å². The summed E-state index contributed by atoms with van der Waals surface area (Å²) >= 11 is 0. The summed E-state index contributed by atoms with van der Waals surface area (Å²) in [6.07, 6.45) is 0. The summed E-state index contributed by atoms with van der Waals surface area (Å²) in [4.78, 5) is 38.5. The molecule has 2 aromatic carbocycles. The molecule has 1 heterocycles. The summed E-state index contributed by atoms with van der Waals surface area (Å²) in [5.74, 6) is -0.973. The third-order valence-electron chi connectivity index (χ3n) is 4.41. The maximum Gasteiger partial charge on any atom is 0.387 e. The highest BCUT2D eigenvalue weighted by atomic mass is 19.3. The second-order valence-corrected chi connectivity index (χ2v) is 6.48. The fraction of sp³-hybridized carbons (Fsp3) is 0.250. The zero-order valence-electron chi connectivity index (χ0n) is 15.5.